The fourth-order valence-electron chi connectivity index (χ4n) is 1.58. The Morgan fingerprint density at radius 3 is 2.58 bits per heavy atom. The van der Waals surface area contributed by atoms with Gasteiger partial charge in [-0.3, -0.25) is 15.3 Å². The third kappa shape index (κ3) is 3.30. The number of nitrogens with one attached hydrogen (secondary N) is 1. The summed E-state index contributed by atoms with van der Waals surface area (Å²) < 4.78 is 0. The first-order valence-corrected chi connectivity index (χ1v) is 6.00. The van der Waals surface area contributed by atoms with Crippen LogP contribution < -0.4 is 0 Å². The molecule has 0 saturated carbocycles. The zero-order chi connectivity index (χ0) is 13.7. The molecule has 0 bridgehead atoms. The molecule has 1 heterocycles. The minimum absolute atomic E-state index is 0.0815. The molecule has 0 amide bonds. The minimum Gasteiger partial charge on any atom is -0.282 e. The van der Waals surface area contributed by atoms with Gasteiger partial charge in [0.15, 0.2) is 12.0 Å². The molecule has 0 saturated heterocycles. The lowest BCUT2D eigenvalue weighted by molar-refractivity contribution is 0.566. The first kappa shape index (κ1) is 13.1. The third-order valence-electron chi connectivity index (χ3n) is 2.55. The Kier molecular flexibility index (Phi) is 4.11. The summed E-state index contributed by atoms with van der Waals surface area (Å²) in [6, 6.07) is 12.4. The number of halogens is 1. The summed E-state index contributed by atoms with van der Waals surface area (Å²) in [5.74, 6) is 0.0815. The van der Waals surface area contributed by atoms with Crippen LogP contribution in [0.5, 0.6) is 0 Å². The van der Waals surface area contributed by atoms with Crippen LogP contribution >= 0.6 is 11.6 Å². The van der Waals surface area contributed by atoms with Gasteiger partial charge in [0.1, 0.15) is 5.69 Å². The highest BCUT2D eigenvalue weighted by molar-refractivity contribution is 6.30. The van der Waals surface area contributed by atoms with Crippen molar-refractivity contribution in [3.8, 4) is 6.19 Å². The van der Waals surface area contributed by atoms with Crippen molar-refractivity contribution in [3.63, 3.8) is 0 Å². The van der Waals surface area contributed by atoms with Crippen LogP contribution in [-0.2, 0) is 6.54 Å². The summed E-state index contributed by atoms with van der Waals surface area (Å²) in [5.41, 5.74) is 1.38. The molecule has 1 aromatic heterocycles. The normalized spacial score (nSPS) is 9.68. The van der Waals surface area contributed by atoms with E-state index in [1.807, 2.05) is 18.3 Å². The first-order valence-electron chi connectivity index (χ1n) is 5.62. The van der Waals surface area contributed by atoms with Crippen LogP contribution in [0, 0.1) is 16.9 Å². The van der Waals surface area contributed by atoms with E-state index in [9.17, 15) is 0 Å². The fourth-order valence-corrected chi connectivity index (χ4v) is 1.70. The second-order valence-corrected chi connectivity index (χ2v) is 4.31. The number of aromatic nitrogens is 1. The van der Waals surface area contributed by atoms with Crippen molar-refractivity contribution in [1.29, 1.82) is 10.7 Å². The molecule has 0 spiro atoms. The van der Waals surface area contributed by atoms with Crippen molar-refractivity contribution in [3.05, 3.63) is 64.9 Å². The van der Waals surface area contributed by atoms with E-state index >= 15 is 0 Å². The summed E-state index contributed by atoms with van der Waals surface area (Å²) in [5, 5.41) is 17.8. The molecule has 4 nitrogen and oxygen atoms in total. The van der Waals surface area contributed by atoms with Gasteiger partial charge >= 0.3 is 0 Å². The quantitative estimate of drug-likeness (QED) is 0.403. The van der Waals surface area contributed by atoms with E-state index in [0.717, 1.165) is 5.56 Å². The third-order valence-corrected chi connectivity index (χ3v) is 2.80. The Bertz CT molecular complexity index is 602. The molecule has 19 heavy (non-hydrogen) atoms. The molecule has 5 heteroatoms. The Balaban J connectivity index is 2.15. The number of hydrogen-bond acceptors (Lipinski definition) is 3. The zero-order valence-corrected chi connectivity index (χ0v) is 10.8. The number of hydrogen-bond donors (Lipinski definition) is 1. The van der Waals surface area contributed by atoms with Crippen LogP contribution in [0.15, 0.2) is 48.7 Å². The predicted octanol–water partition coefficient (Wildman–Crippen LogP) is 3.04. The second kappa shape index (κ2) is 5.98. The van der Waals surface area contributed by atoms with Gasteiger partial charge in [-0.15, -0.1) is 0 Å². The number of rotatable bonds is 3. The molecule has 0 aliphatic rings. The van der Waals surface area contributed by atoms with Crippen LogP contribution in [0.3, 0.4) is 0 Å². The van der Waals surface area contributed by atoms with E-state index < -0.39 is 0 Å². The Morgan fingerprint density at radius 1 is 1.26 bits per heavy atom. The van der Waals surface area contributed by atoms with Gasteiger partial charge < -0.3 is 0 Å². The number of benzene rings is 1. The fraction of sp³-hybridized carbons (Fsp3) is 0.0714. The molecular weight excluding hydrogens is 260 g/mol. The van der Waals surface area contributed by atoms with Crippen molar-refractivity contribution in [2.75, 3.05) is 0 Å². The molecule has 0 unspecified atom stereocenters. The lowest BCUT2D eigenvalue weighted by Crippen LogP contribution is -2.26. The predicted molar refractivity (Wildman–Crippen MR) is 73.7 cm³/mol. The molecule has 0 radical (unpaired) electrons. The van der Waals surface area contributed by atoms with E-state index in [-0.39, 0.29) is 5.84 Å². The smallest absolute Gasteiger partial charge is 0.185 e. The van der Waals surface area contributed by atoms with Gasteiger partial charge in [0, 0.05) is 11.2 Å². The Morgan fingerprint density at radius 2 is 2.00 bits per heavy atom. The highest BCUT2D eigenvalue weighted by Crippen LogP contribution is 2.12. The van der Waals surface area contributed by atoms with E-state index in [1.54, 1.807) is 36.5 Å². The minimum atomic E-state index is 0.0815. The van der Waals surface area contributed by atoms with Crippen molar-refractivity contribution in [2.24, 2.45) is 0 Å². The highest BCUT2D eigenvalue weighted by Gasteiger charge is 2.12. The van der Waals surface area contributed by atoms with E-state index in [2.05, 4.69) is 4.98 Å². The van der Waals surface area contributed by atoms with Crippen LogP contribution in [-0.4, -0.2) is 15.7 Å². The molecule has 2 aromatic rings. The van der Waals surface area contributed by atoms with Crippen LogP contribution in [0.25, 0.3) is 0 Å². The molecule has 94 valence electrons. The van der Waals surface area contributed by atoms with Gasteiger partial charge in [-0.1, -0.05) is 29.8 Å². The number of nitriles is 1. The summed E-state index contributed by atoms with van der Waals surface area (Å²) in [4.78, 5) is 5.35. The molecule has 2 rings (SSSR count). The van der Waals surface area contributed by atoms with Gasteiger partial charge in [-0.05, 0) is 29.8 Å². The van der Waals surface area contributed by atoms with Crippen molar-refractivity contribution in [1.82, 2.24) is 9.88 Å². The molecule has 1 N–H and O–H groups in total. The molecule has 0 aliphatic carbocycles. The largest absolute Gasteiger partial charge is 0.282 e. The summed E-state index contributed by atoms with van der Waals surface area (Å²) in [7, 11) is 0. The van der Waals surface area contributed by atoms with Gasteiger partial charge in [0.05, 0.1) is 6.54 Å². The standard InChI is InChI=1S/C14H11ClN4/c15-12-6-4-11(5-7-12)9-19(10-16)14(17)13-3-1-2-8-18-13/h1-8,17H,9H2. The van der Waals surface area contributed by atoms with Gasteiger partial charge in [-0.25, -0.2) is 0 Å². The number of nitrogens with zero attached hydrogens (tertiary/aromatic N) is 3. The maximum atomic E-state index is 9.15. The lowest BCUT2D eigenvalue weighted by Gasteiger charge is -2.15. The second-order valence-electron chi connectivity index (χ2n) is 3.88. The van der Waals surface area contributed by atoms with Gasteiger partial charge in [0.25, 0.3) is 0 Å². The molecule has 0 atom stereocenters. The van der Waals surface area contributed by atoms with Crippen LogP contribution in [0.1, 0.15) is 11.3 Å². The summed E-state index contributed by atoms with van der Waals surface area (Å²) >= 11 is 5.81. The SMILES string of the molecule is N#CN(Cc1ccc(Cl)cc1)C(=N)c1ccccn1. The monoisotopic (exact) mass is 270 g/mol. The maximum Gasteiger partial charge on any atom is 0.185 e. The topological polar surface area (TPSA) is 63.8 Å². The molecule has 0 fully saturated rings. The highest BCUT2D eigenvalue weighted by atomic mass is 35.5. The molecule has 0 aliphatic heterocycles. The van der Waals surface area contributed by atoms with Crippen molar-refractivity contribution in [2.45, 2.75) is 6.54 Å². The number of pyridine rings is 1. The molecule has 1 aromatic carbocycles. The number of amidine groups is 1. The summed E-state index contributed by atoms with van der Waals surface area (Å²) in [6.07, 6.45) is 3.60. The van der Waals surface area contributed by atoms with Crippen molar-refractivity contribution < 1.29 is 0 Å². The van der Waals surface area contributed by atoms with Gasteiger partial charge in [0.2, 0.25) is 0 Å². The maximum absolute atomic E-state index is 9.15. The van der Waals surface area contributed by atoms with Crippen molar-refractivity contribution >= 4 is 17.4 Å². The van der Waals surface area contributed by atoms with E-state index in [0.29, 0.717) is 17.3 Å². The average molecular weight is 271 g/mol. The molecular formula is C14H11ClN4. The van der Waals surface area contributed by atoms with Crippen LogP contribution in [0.2, 0.25) is 5.02 Å². The Hall–Kier alpha value is -2.38. The Labute approximate surface area is 116 Å². The first-order chi connectivity index (χ1) is 9.20. The zero-order valence-electron chi connectivity index (χ0n) is 10.0. The van der Waals surface area contributed by atoms with E-state index in [1.165, 1.54) is 4.90 Å². The van der Waals surface area contributed by atoms with Crippen LogP contribution in [0.4, 0.5) is 0 Å². The lowest BCUT2D eigenvalue weighted by atomic mass is 10.2. The summed E-state index contributed by atoms with van der Waals surface area (Å²) in [6.45, 7) is 0.322. The van der Waals surface area contributed by atoms with E-state index in [4.69, 9.17) is 22.3 Å². The van der Waals surface area contributed by atoms with Gasteiger partial charge in [-0.2, -0.15) is 5.26 Å². The average Bonchev–Trinajstić information content (AvgIpc) is 2.47.